The SMILES string of the molecule is CCOC(=O)ON1CC1(C(F)(F)F)C(F)(F)F. The van der Waals surface area contributed by atoms with Crippen LogP contribution in [-0.2, 0) is 9.57 Å². The summed E-state index contributed by atoms with van der Waals surface area (Å²) in [5.41, 5.74) is -4.12. The van der Waals surface area contributed by atoms with Crippen molar-refractivity contribution in [1.82, 2.24) is 5.06 Å². The summed E-state index contributed by atoms with van der Waals surface area (Å²) >= 11 is 0. The third kappa shape index (κ3) is 2.26. The number of halogens is 6. The maximum absolute atomic E-state index is 12.3. The lowest BCUT2D eigenvalue weighted by Gasteiger charge is -2.22. The van der Waals surface area contributed by atoms with Gasteiger partial charge in [0.15, 0.2) is 0 Å². The van der Waals surface area contributed by atoms with Crippen molar-refractivity contribution in [2.75, 3.05) is 13.2 Å². The monoisotopic (exact) mass is 267 g/mol. The molecule has 0 aromatic heterocycles. The standard InChI is InChI=1S/C7H7F6NO3/c1-2-16-4(15)17-14-3-5(14,6(8,9)10)7(11,12)13/h2-3H2,1H3. The van der Waals surface area contributed by atoms with Crippen LogP contribution in [0.15, 0.2) is 0 Å². The minimum atomic E-state index is -5.59. The van der Waals surface area contributed by atoms with Gasteiger partial charge in [0.1, 0.15) is 0 Å². The van der Waals surface area contributed by atoms with E-state index in [1.54, 1.807) is 0 Å². The van der Waals surface area contributed by atoms with Gasteiger partial charge < -0.3 is 9.57 Å². The molecule has 0 saturated carbocycles. The van der Waals surface area contributed by atoms with Crippen LogP contribution < -0.4 is 0 Å². The van der Waals surface area contributed by atoms with Crippen molar-refractivity contribution in [3.8, 4) is 0 Å². The number of carbonyl (C=O) groups excluding carboxylic acids is 1. The van der Waals surface area contributed by atoms with Crippen LogP contribution in [-0.4, -0.2) is 42.3 Å². The highest BCUT2D eigenvalue weighted by molar-refractivity contribution is 5.59. The highest BCUT2D eigenvalue weighted by Crippen LogP contribution is 2.56. The first kappa shape index (κ1) is 13.9. The molecule has 1 unspecified atom stereocenters. The molecule has 100 valence electrons. The topological polar surface area (TPSA) is 38.5 Å². The smallest absolute Gasteiger partial charge is 0.433 e. The molecule has 0 aromatic carbocycles. The molecule has 1 fully saturated rings. The third-order valence-electron chi connectivity index (χ3n) is 2.08. The Morgan fingerprint density at radius 2 is 1.71 bits per heavy atom. The van der Waals surface area contributed by atoms with E-state index >= 15 is 0 Å². The molecule has 0 radical (unpaired) electrons. The van der Waals surface area contributed by atoms with Crippen LogP contribution in [0, 0.1) is 0 Å². The molecule has 0 aromatic rings. The highest BCUT2D eigenvalue weighted by atomic mass is 19.4. The number of ether oxygens (including phenoxy) is 1. The number of hydroxylamine groups is 2. The van der Waals surface area contributed by atoms with Crippen molar-refractivity contribution in [1.29, 1.82) is 0 Å². The summed E-state index contributed by atoms with van der Waals surface area (Å²) in [6, 6.07) is 0. The first-order chi connectivity index (χ1) is 7.56. The number of nitrogens with zero attached hydrogens (tertiary/aromatic N) is 1. The van der Waals surface area contributed by atoms with Gasteiger partial charge in [-0.05, 0) is 6.92 Å². The summed E-state index contributed by atoms with van der Waals surface area (Å²) in [5, 5.41) is -0.495. The maximum atomic E-state index is 12.3. The lowest BCUT2D eigenvalue weighted by molar-refractivity contribution is -0.299. The van der Waals surface area contributed by atoms with Crippen LogP contribution in [0.25, 0.3) is 0 Å². The molecule has 17 heavy (non-hydrogen) atoms. The van der Waals surface area contributed by atoms with Crippen molar-refractivity contribution in [3.63, 3.8) is 0 Å². The fourth-order valence-electron chi connectivity index (χ4n) is 1.14. The molecule has 0 N–H and O–H groups in total. The van der Waals surface area contributed by atoms with E-state index in [2.05, 4.69) is 9.57 Å². The summed E-state index contributed by atoms with van der Waals surface area (Å²) in [6.07, 6.45) is -12.8. The van der Waals surface area contributed by atoms with E-state index in [0.717, 1.165) is 0 Å². The highest BCUT2D eigenvalue weighted by Gasteiger charge is 2.86. The van der Waals surface area contributed by atoms with Crippen molar-refractivity contribution < 1.29 is 40.7 Å². The van der Waals surface area contributed by atoms with Gasteiger partial charge in [-0.15, -0.1) is 5.06 Å². The van der Waals surface area contributed by atoms with Crippen LogP contribution in [0.4, 0.5) is 31.1 Å². The fourth-order valence-corrected chi connectivity index (χ4v) is 1.14. The van der Waals surface area contributed by atoms with E-state index in [1.165, 1.54) is 6.92 Å². The molecule has 1 rings (SSSR count). The number of hydrogen-bond donors (Lipinski definition) is 0. The van der Waals surface area contributed by atoms with Gasteiger partial charge in [-0.2, -0.15) is 26.3 Å². The van der Waals surface area contributed by atoms with Crippen LogP contribution in [0.3, 0.4) is 0 Å². The Bertz CT molecular complexity index is 298. The Labute approximate surface area is 91.0 Å². The molecule has 10 heteroatoms. The molecule has 1 saturated heterocycles. The first-order valence-electron chi connectivity index (χ1n) is 4.32. The van der Waals surface area contributed by atoms with Gasteiger partial charge in [0.25, 0.3) is 5.54 Å². The molecular formula is C7H7F6NO3. The lowest BCUT2D eigenvalue weighted by Crippen LogP contribution is -2.49. The first-order valence-corrected chi connectivity index (χ1v) is 4.32. The summed E-state index contributed by atoms with van der Waals surface area (Å²) in [7, 11) is 0. The van der Waals surface area contributed by atoms with Crippen molar-refractivity contribution in [2.45, 2.75) is 24.8 Å². The summed E-state index contributed by atoms with van der Waals surface area (Å²) in [4.78, 5) is 14.4. The van der Waals surface area contributed by atoms with E-state index in [4.69, 9.17) is 0 Å². The minimum Gasteiger partial charge on any atom is -0.433 e. The van der Waals surface area contributed by atoms with Gasteiger partial charge in [-0.1, -0.05) is 0 Å². The molecule has 1 aliphatic heterocycles. The number of carbonyl (C=O) groups is 1. The second-order valence-corrected chi connectivity index (χ2v) is 3.17. The lowest BCUT2D eigenvalue weighted by atomic mass is 10.1. The van der Waals surface area contributed by atoms with Crippen molar-refractivity contribution >= 4 is 6.16 Å². The Hall–Kier alpha value is -1.19. The van der Waals surface area contributed by atoms with Crippen LogP contribution in [0.1, 0.15) is 6.92 Å². The van der Waals surface area contributed by atoms with Crippen LogP contribution in [0.2, 0.25) is 0 Å². The number of rotatable bonds is 2. The van der Waals surface area contributed by atoms with Crippen LogP contribution in [0.5, 0.6) is 0 Å². The second kappa shape index (κ2) is 3.93. The van der Waals surface area contributed by atoms with Crippen molar-refractivity contribution in [2.24, 2.45) is 0 Å². The molecule has 0 amide bonds. The average Bonchev–Trinajstić information content (AvgIpc) is 2.77. The normalized spacial score (nSPS) is 23.1. The zero-order chi connectivity index (χ0) is 13.5. The average molecular weight is 267 g/mol. The van der Waals surface area contributed by atoms with Gasteiger partial charge in [-0.3, -0.25) is 0 Å². The van der Waals surface area contributed by atoms with E-state index in [0.29, 0.717) is 0 Å². The zero-order valence-electron chi connectivity index (χ0n) is 8.35. The van der Waals surface area contributed by atoms with E-state index in [1.807, 2.05) is 0 Å². The van der Waals surface area contributed by atoms with E-state index in [-0.39, 0.29) is 6.61 Å². The minimum absolute atomic E-state index is 0.224. The van der Waals surface area contributed by atoms with E-state index < -0.39 is 35.7 Å². The molecule has 0 spiro atoms. The summed E-state index contributed by atoms with van der Waals surface area (Å²) in [6.45, 7) is -0.388. The van der Waals surface area contributed by atoms with E-state index in [9.17, 15) is 31.1 Å². The molecular weight excluding hydrogens is 260 g/mol. The fraction of sp³-hybridized carbons (Fsp3) is 0.857. The Kier molecular flexibility index (Phi) is 3.21. The second-order valence-electron chi connectivity index (χ2n) is 3.17. The Morgan fingerprint density at radius 1 is 1.24 bits per heavy atom. The predicted molar refractivity (Wildman–Crippen MR) is 39.7 cm³/mol. The Morgan fingerprint density at radius 3 is 2.00 bits per heavy atom. The summed E-state index contributed by atoms with van der Waals surface area (Å²) < 4.78 is 77.8. The van der Waals surface area contributed by atoms with Crippen LogP contribution >= 0.6 is 0 Å². The van der Waals surface area contributed by atoms with Gasteiger partial charge in [-0.25, -0.2) is 4.79 Å². The van der Waals surface area contributed by atoms with Gasteiger partial charge in [0, 0.05) is 0 Å². The molecule has 1 heterocycles. The maximum Gasteiger partial charge on any atom is 0.527 e. The molecule has 0 aliphatic carbocycles. The van der Waals surface area contributed by atoms with Crippen molar-refractivity contribution in [3.05, 3.63) is 0 Å². The van der Waals surface area contributed by atoms with Gasteiger partial charge >= 0.3 is 18.5 Å². The number of alkyl halides is 6. The molecule has 1 aliphatic rings. The molecule has 0 bridgehead atoms. The Balaban J connectivity index is 2.78. The summed E-state index contributed by atoms with van der Waals surface area (Å²) in [5.74, 6) is 0. The van der Waals surface area contributed by atoms with Gasteiger partial charge in [0.2, 0.25) is 0 Å². The molecule has 4 nitrogen and oxygen atoms in total. The molecule has 1 atom stereocenters. The predicted octanol–water partition coefficient (Wildman–Crippen LogP) is 2.25. The third-order valence-corrected chi connectivity index (χ3v) is 2.08. The quantitative estimate of drug-likeness (QED) is 0.437. The number of hydrogen-bond acceptors (Lipinski definition) is 4. The van der Waals surface area contributed by atoms with Gasteiger partial charge in [0.05, 0.1) is 13.2 Å². The zero-order valence-corrected chi connectivity index (χ0v) is 8.35. The largest absolute Gasteiger partial charge is 0.527 e.